The lowest BCUT2D eigenvalue weighted by Gasteiger charge is -2.46. The number of rotatable bonds is 3. The molecule has 3 aliphatic heterocycles. The van der Waals surface area contributed by atoms with Crippen LogP contribution in [0, 0.1) is 18.3 Å². The highest BCUT2D eigenvalue weighted by Gasteiger charge is 2.54. The number of hydrogen-bond donors (Lipinski definition) is 0. The zero-order valence-electron chi connectivity index (χ0n) is 18.4. The second kappa shape index (κ2) is 7.41. The van der Waals surface area contributed by atoms with E-state index in [0.29, 0.717) is 30.2 Å². The quantitative estimate of drug-likeness (QED) is 0.553. The monoisotopic (exact) mass is 478 g/mol. The molecule has 3 unspecified atom stereocenters. The molecule has 11 heteroatoms. The van der Waals surface area contributed by atoms with Crippen molar-refractivity contribution < 1.29 is 18.5 Å². The predicted molar refractivity (Wildman–Crippen MR) is 121 cm³/mol. The van der Waals surface area contributed by atoms with Crippen LogP contribution in [0.15, 0.2) is 38.4 Å². The number of amides is 1. The van der Waals surface area contributed by atoms with E-state index >= 15 is 0 Å². The number of ether oxygens (including phenoxy) is 1. The smallest absolute Gasteiger partial charge is 0.255 e. The molecule has 0 aliphatic carbocycles. The van der Waals surface area contributed by atoms with E-state index in [0.717, 1.165) is 12.0 Å². The van der Waals surface area contributed by atoms with Gasteiger partial charge < -0.3 is 18.6 Å². The van der Waals surface area contributed by atoms with Crippen LogP contribution >= 0.6 is 11.6 Å². The van der Waals surface area contributed by atoms with E-state index in [1.807, 2.05) is 13.8 Å². The number of furan rings is 1. The molecule has 172 valence electrons. The summed E-state index contributed by atoms with van der Waals surface area (Å²) in [6, 6.07) is 5.86. The Morgan fingerprint density at radius 2 is 2.18 bits per heavy atom. The average molecular weight is 479 g/mol. The maximum Gasteiger partial charge on any atom is 0.255 e. The largest absolute Gasteiger partial charge is 0.461 e. The van der Waals surface area contributed by atoms with Gasteiger partial charge in [-0.2, -0.15) is 10.2 Å². The highest BCUT2D eigenvalue weighted by Crippen LogP contribution is 2.49. The van der Waals surface area contributed by atoms with E-state index in [2.05, 4.69) is 21.2 Å². The van der Waals surface area contributed by atoms with E-state index in [1.54, 1.807) is 40.6 Å². The van der Waals surface area contributed by atoms with Crippen LogP contribution in [0.3, 0.4) is 0 Å². The van der Waals surface area contributed by atoms with Gasteiger partial charge in [-0.05, 0) is 50.5 Å². The van der Waals surface area contributed by atoms with Crippen molar-refractivity contribution in [3.8, 4) is 17.7 Å². The van der Waals surface area contributed by atoms with Gasteiger partial charge in [0.25, 0.3) is 11.8 Å². The second-order valence-corrected chi connectivity index (χ2v) is 9.06. The number of benzene rings is 1. The van der Waals surface area contributed by atoms with Gasteiger partial charge in [0.1, 0.15) is 17.8 Å². The first-order chi connectivity index (χ1) is 16.4. The normalized spacial score (nSPS) is 25.5. The lowest BCUT2D eigenvalue weighted by Crippen LogP contribution is -2.60. The van der Waals surface area contributed by atoms with Gasteiger partial charge in [-0.1, -0.05) is 16.8 Å². The Balaban J connectivity index is 1.47. The van der Waals surface area contributed by atoms with Gasteiger partial charge in [-0.15, -0.1) is 0 Å². The SMILES string of the molecule is Cc1ccoc1-c1noc(C2N=CN3c4ccc(Cl)c(C#N)c4N(C4(C)CCCO4)C(=O)C23)n1. The molecule has 2 aromatic heterocycles. The number of anilines is 2. The number of aliphatic imine (C=N–C) groups is 1. The van der Waals surface area contributed by atoms with Crippen molar-refractivity contribution in [2.75, 3.05) is 16.4 Å². The van der Waals surface area contributed by atoms with Crippen molar-refractivity contribution in [1.82, 2.24) is 10.1 Å². The number of nitrogens with zero attached hydrogens (tertiary/aromatic N) is 6. The summed E-state index contributed by atoms with van der Waals surface area (Å²) in [6.45, 7) is 4.25. The van der Waals surface area contributed by atoms with Crippen molar-refractivity contribution in [3.63, 3.8) is 0 Å². The molecule has 0 spiro atoms. The molecule has 6 rings (SSSR count). The molecule has 0 bridgehead atoms. The lowest BCUT2D eigenvalue weighted by atomic mass is 9.95. The number of fused-ring (bicyclic) bond motifs is 3. The van der Waals surface area contributed by atoms with Crippen molar-refractivity contribution in [2.24, 2.45) is 4.99 Å². The standard InChI is InChI=1S/C23H19ClN6O4/c1-12-6-9-32-19(12)20-27-21(34-28-20)16-18-22(31)30(23(2)7-3-8-33-23)17-13(10-25)14(24)4-5-15(17)29(18)11-26-16/h4-6,9,11,16,18H,3,7-8H2,1-2H3. The fraction of sp³-hybridized carbons (Fsp3) is 0.348. The van der Waals surface area contributed by atoms with E-state index < -0.39 is 17.8 Å². The number of halogens is 1. The first-order valence-corrected chi connectivity index (χ1v) is 11.2. The third-order valence-electron chi connectivity index (χ3n) is 6.57. The first-order valence-electron chi connectivity index (χ1n) is 10.8. The van der Waals surface area contributed by atoms with Gasteiger partial charge in [0.2, 0.25) is 5.82 Å². The molecule has 3 aliphatic rings. The van der Waals surface area contributed by atoms with Gasteiger partial charge in [0.05, 0.1) is 34.6 Å². The van der Waals surface area contributed by atoms with Crippen LogP contribution in [-0.2, 0) is 9.53 Å². The fourth-order valence-electron chi connectivity index (χ4n) is 4.91. The van der Waals surface area contributed by atoms with Crippen LogP contribution in [0.25, 0.3) is 11.6 Å². The van der Waals surface area contributed by atoms with Crippen LogP contribution in [-0.4, -0.2) is 40.8 Å². The van der Waals surface area contributed by atoms with Gasteiger partial charge >= 0.3 is 0 Å². The average Bonchev–Trinajstić information content (AvgIpc) is 3.60. The highest BCUT2D eigenvalue weighted by atomic mass is 35.5. The highest BCUT2D eigenvalue weighted by molar-refractivity contribution is 6.33. The molecule has 1 saturated heterocycles. The minimum absolute atomic E-state index is 0.193. The number of nitriles is 1. The Hall–Kier alpha value is -3.68. The molecule has 1 amide bonds. The van der Waals surface area contributed by atoms with Crippen LogP contribution in [0.1, 0.15) is 42.8 Å². The molecule has 1 fully saturated rings. The lowest BCUT2D eigenvalue weighted by molar-refractivity contribution is -0.125. The molecule has 5 heterocycles. The Kier molecular flexibility index (Phi) is 4.56. The summed E-state index contributed by atoms with van der Waals surface area (Å²) >= 11 is 6.36. The minimum atomic E-state index is -0.924. The third kappa shape index (κ3) is 2.84. The van der Waals surface area contributed by atoms with Gasteiger partial charge in [0, 0.05) is 6.61 Å². The number of aryl methyl sites for hydroxylation is 1. The molecule has 3 aromatic rings. The summed E-state index contributed by atoms with van der Waals surface area (Å²) in [5.74, 6) is 0.692. The Morgan fingerprint density at radius 1 is 1.32 bits per heavy atom. The van der Waals surface area contributed by atoms with Gasteiger partial charge in [-0.25, -0.2) is 0 Å². The van der Waals surface area contributed by atoms with Crippen LogP contribution in [0.4, 0.5) is 11.4 Å². The Morgan fingerprint density at radius 3 is 2.88 bits per heavy atom. The van der Waals surface area contributed by atoms with Crippen LogP contribution in [0.5, 0.6) is 0 Å². The predicted octanol–water partition coefficient (Wildman–Crippen LogP) is 3.99. The number of carbonyl (C=O) groups is 1. The second-order valence-electron chi connectivity index (χ2n) is 8.65. The Bertz CT molecular complexity index is 1380. The molecule has 3 atom stereocenters. The summed E-state index contributed by atoms with van der Waals surface area (Å²) in [5, 5.41) is 14.2. The van der Waals surface area contributed by atoms with Crippen LogP contribution in [0.2, 0.25) is 5.02 Å². The van der Waals surface area contributed by atoms with Crippen molar-refractivity contribution in [1.29, 1.82) is 5.26 Å². The molecule has 0 radical (unpaired) electrons. The molecule has 0 N–H and O–H groups in total. The zero-order chi connectivity index (χ0) is 23.6. The van der Waals surface area contributed by atoms with Crippen molar-refractivity contribution in [3.05, 3.63) is 46.5 Å². The molecular weight excluding hydrogens is 460 g/mol. The summed E-state index contributed by atoms with van der Waals surface area (Å²) in [7, 11) is 0. The number of aromatic nitrogens is 2. The fourth-order valence-corrected chi connectivity index (χ4v) is 5.11. The summed E-state index contributed by atoms with van der Waals surface area (Å²) < 4.78 is 17.0. The van der Waals surface area contributed by atoms with E-state index in [4.69, 9.17) is 25.3 Å². The van der Waals surface area contributed by atoms with Gasteiger partial charge in [-0.3, -0.25) is 14.7 Å². The number of carbonyl (C=O) groups excluding carboxylic acids is 1. The van der Waals surface area contributed by atoms with Crippen molar-refractivity contribution in [2.45, 2.75) is 44.5 Å². The summed E-state index contributed by atoms with van der Waals surface area (Å²) in [5.41, 5.74) is 1.21. The first kappa shape index (κ1) is 20.9. The van der Waals surface area contributed by atoms with E-state index in [-0.39, 0.29) is 28.2 Å². The van der Waals surface area contributed by atoms with Crippen LogP contribution < -0.4 is 9.80 Å². The molecule has 34 heavy (non-hydrogen) atoms. The summed E-state index contributed by atoms with van der Waals surface area (Å²) in [4.78, 5) is 26.4. The molecule has 10 nitrogen and oxygen atoms in total. The molecule has 1 aromatic carbocycles. The maximum absolute atomic E-state index is 14.1. The Labute approximate surface area is 199 Å². The number of hydrogen-bond acceptors (Lipinski definition) is 9. The molecule has 0 saturated carbocycles. The minimum Gasteiger partial charge on any atom is -0.461 e. The maximum atomic E-state index is 14.1. The van der Waals surface area contributed by atoms with E-state index in [1.165, 1.54) is 0 Å². The van der Waals surface area contributed by atoms with Gasteiger partial charge in [0.15, 0.2) is 11.8 Å². The topological polar surface area (TPSA) is 121 Å². The third-order valence-corrected chi connectivity index (χ3v) is 6.89. The molecular formula is C23H19ClN6O4. The summed E-state index contributed by atoms with van der Waals surface area (Å²) in [6.07, 6.45) is 4.53. The van der Waals surface area contributed by atoms with Crippen molar-refractivity contribution >= 4 is 35.2 Å². The van der Waals surface area contributed by atoms with E-state index in [9.17, 15) is 10.1 Å². The zero-order valence-corrected chi connectivity index (χ0v) is 19.1.